The lowest BCUT2D eigenvalue weighted by Crippen LogP contribution is -2.18. The molecule has 0 radical (unpaired) electrons. The van der Waals surface area contributed by atoms with Crippen molar-refractivity contribution in [2.45, 2.75) is 25.7 Å². The summed E-state index contributed by atoms with van der Waals surface area (Å²) in [4.78, 5) is 30.1. The number of carbonyl (C=O) groups is 1. The van der Waals surface area contributed by atoms with Crippen molar-refractivity contribution in [1.82, 2.24) is 9.66 Å². The van der Waals surface area contributed by atoms with Crippen LogP contribution in [-0.2, 0) is 12.8 Å². The smallest absolute Gasteiger partial charge is 0.335 e. The molecule has 0 atom stereocenters. The lowest BCUT2D eigenvalue weighted by Gasteiger charge is -2.09. The van der Waals surface area contributed by atoms with Crippen LogP contribution in [0.5, 0.6) is 0 Å². The third-order valence-electron chi connectivity index (χ3n) is 4.35. The predicted octanol–water partition coefficient (Wildman–Crippen LogP) is 2.92. The van der Waals surface area contributed by atoms with Crippen LogP contribution in [0.2, 0.25) is 0 Å². The molecular formula is C18H15N3O3S. The van der Waals surface area contributed by atoms with Gasteiger partial charge in [-0.25, -0.2) is 9.78 Å². The fourth-order valence-corrected chi connectivity index (χ4v) is 4.28. The Labute approximate surface area is 147 Å². The summed E-state index contributed by atoms with van der Waals surface area (Å²) in [5.41, 5.74) is 1.91. The number of carboxylic acids is 1. The van der Waals surface area contributed by atoms with Gasteiger partial charge in [0.2, 0.25) is 0 Å². The van der Waals surface area contributed by atoms with E-state index < -0.39 is 5.97 Å². The minimum absolute atomic E-state index is 0.150. The van der Waals surface area contributed by atoms with E-state index in [1.54, 1.807) is 23.5 Å². The molecule has 0 amide bonds. The molecule has 0 saturated carbocycles. The summed E-state index contributed by atoms with van der Waals surface area (Å²) in [6.45, 7) is 0. The van der Waals surface area contributed by atoms with Crippen molar-refractivity contribution in [2.75, 3.05) is 0 Å². The Hall–Kier alpha value is -2.80. The van der Waals surface area contributed by atoms with E-state index in [-0.39, 0.29) is 11.1 Å². The Bertz CT molecular complexity index is 1050. The molecule has 0 unspecified atom stereocenters. The van der Waals surface area contributed by atoms with E-state index in [1.165, 1.54) is 40.6 Å². The third-order valence-corrected chi connectivity index (χ3v) is 5.55. The Morgan fingerprint density at radius 2 is 2.00 bits per heavy atom. The maximum Gasteiger partial charge on any atom is 0.335 e. The maximum absolute atomic E-state index is 12.8. The number of hydrogen-bond donors (Lipinski definition) is 1. The zero-order valence-electron chi connectivity index (χ0n) is 13.3. The molecule has 6 nitrogen and oxygen atoms in total. The van der Waals surface area contributed by atoms with Crippen LogP contribution in [-0.4, -0.2) is 27.0 Å². The average Bonchev–Trinajstić information content (AvgIpc) is 3.01. The lowest BCUT2D eigenvalue weighted by atomic mass is 9.97. The summed E-state index contributed by atoms with van der Waals surface area (Å²) in [5.74, 6) is -0.975. The number of hydrogen-bond acceptors (Lipinski definition) is 5. The molecule has 1 aliphatic rings. The number of thiophene rings is 1. The Kier molecular flexibility index (Phi) is 3.93. The van der Waals surface area contributed by atoms with Crippen LogP contribution in [0.25, 0.3) is 10.2 Å². The number of benzene rings is 1. The molecule has 7 heteroatoms. The summed E-state index contributed by atoms with van der Waals surface area (Å²) in [6.07, 6.45) is 7.19. The largest absolute Gasteiger partial charge is 0.478 e. The third kappa shape index (κ3) is 2.87. The molecule has 25 heavy (non-hydrogen) atoms. The monoisotopic (exact) mass is 353 g/mol. The maximum atomic E-state index is 12.8. The standard InChI is InChI=1S/C18H15N3O3S/c22-17-15-13-3-1-2-4-14(13)25-16(15)19-10-21(17)20-9-11-5-7-12(8-6-11)18(23)24/h5-10H,1-4H2,(H,23,24)/b20-9-. The van der Waals surface area contributed by atoms with E-state index in [1.807, 2.05) is 0 Å². The number of aromatic carboxylic acids is 1. The molecule has 1 N–H and O–H groups in total. The van der Waals surface area contributed by atoms with Gasteiger partial charge in [-0.1, -0.05) is 12.1 Å². The summed E-state index contributed by atoms with van der Waals surface area (Å²) in [7, 11) is 0. The Balaban J connectivity index is 1.70. The van der Waals surface area contributed by atoms with Crippen molar-refractivity contribution < 1.29 is 9.90 Å². The van der Waals surface area contributed by atoms with E-state index in [4.69, 9.17) is 5.11 Å². The highest BCUT2D eigenvalue weighted by Crippen LogP contribution is 2.33. The Morgan fingerprint density at radius 3 is 2.76 bits per heavy atom. The highest BCUT2D eigenvalue weighted by Gasteiger charge is 2.19. The second kappa shape index (κ2) is 6.25. The first-order valence-corrected chi connectivity index (χ1v) is 8.85. The van der Waals surface area contributed by atoms with Crippen LogP contribution in [0, 0.1) is 0 Å². The number of aryl methyl sites for hydroxylation is 2. The molecular weight excluding hydrogens is 338 g/mol. The van der Waals surface area contributed by atoms with Crippen LogP contribution in [0.4, 0.5) is 0 Å². The molecule has 0 saturated heterocycles. The average molecular weight is 353 g/mol. The normalized spacial score (nSPS) is 14.1. The van der Waals surface area contributed by atoms with Gasteiger partial charge in [0.05, 0.1) is 17.2 Å². The first kappa shape index (κ1) is 15.7. The topological polar surface area (TPSA) is 84.5 Å². The van der Waals surface area contributed by atoms with Crippen molar-refractivity contribution >= 4 is 33.7 Å². The zero-order valence-corrected chi connectivity index (χ0v) is 14.1. The second-order valence-corrected chi connectivity index (χ2v) is 7.04. The van der Waals surface area contributed by atoms with E-state index in [0.717, 1.165) is 29.7 Å². The Morgan fingerprint density at radius 1 is 1.24 bits per heavy atom. The molecule has 3 aromatic rings. The quantitative estimate of drug-likeness (QED) is 0.734. The minimum Gasteiger partial charge on any atom is -0.478 e. The van der Waals surface area contributed by atoms with Crippen molar-refractivity contribution in [3.63, 3.8) is 0 Å². The number of rotatable bonds is 3. The van der Waals surface area contributed by atoms with Crippen LogP contribution < -0.4 is 5.56 Å². The van der Waals surface area contributed by atoms with E-state index in [9.17, 15) is 9.59 Å². The second-order valence-electron chi connectivity index (χ2n) is 5.96. The fraction of sp³-hybridized carbons (Fsp3) is 0.222. The molecule has 2 aromatic heterocycles. The van der Waals surface area contributed by atoms with E-state index in [0.29, 0.717) is 10.9 Å². The van der Waals surface area contributed by atoms with Crippen molar-refractivity contribution in [1.29, 1.82) is 0 Å². The van der Waals surface area contributed by atoms with Crippen molar-refractivity contribution in [2.24, 2.45) is 5.10 Å². The first-order chi connectivity index (χ1) is 12.1. The van der Waals surface area contributed by atoms with Crippen LogP contribution in [0.15, 0.2) is 40.5 Å². The van der Waals surface area contributed by atoms with Gasteiger partial charge in [0.1, 0.15) is 11.2 Å². The number of nitrogens with zero attached hydrogens (tertiary/aromatic N) is 3. The van der Waals surface area contributed by atoms with Crippen molar-refractivity contribution in [3.05, 3.63) is 62.5 Å². The highest BCUT2D eigenvalue weighted by molar-refractivity contribution is 7.18. The SMILES string of the molecule is O=C(O)c1ccc(/C=N\n2cnc3sc4c(c3c2=O)CCCC4)cc1. The van der Waals surface area contributed by atoms with Gasteiger partial charge < -0.3 is 5.11 Å². The van der Waals surface area contributed by atoms with Crippen molar-refractivity contribution in [3.8, 4) is 0 Å². The zero-order chi connectivity index (χ0) is 17.4. The van der Waals surface area contributed by atoms with Gasteiger partial charge in [-0.2, -0.15) is 9.78 Å². The number of fused-ring (bicyclic) bond motifs is 3. The summed E-state index contributed by atoms with van der Waals surface area (Å²) >= 11 is 1.61. The van der Waals surface area contributed by atoms with E-state index in [2.05, 4.69) is 10.1 Å². The highest BCUT2D eigenvalue weighted by atomic mass is 32.1. The first-order valence-electron chi connectivity index (χ1n) is 8.03. The van der Waals surface area contributed by atoms with Crippen LogP contribution >= 0.6 is 11.3 Å². The minimum atomic E-state index is -0.975. The van der Waals surface area contributed by atoms with Crippen LogP contribution in [0.3, 0.4) is 0 Å². The molecule has 0 bridgehead atoms. The molecule has 0 aliphatic heterocycles. The summed E-state index contributed by atoms with van der Waals surface area (Å²) in [5, 5.41) is 13.8. The lowest BCUT2D eigenvalue weighted by molar-refractivity contribution is 0.0697. The van der Waals surface area contributed by atoms with Gasteiger partial charge in [-0.3, -0.25) is 4.79 Å². The molecule has 0 fully saturated rings. The predicted molar refractivity (Wildman–Crippen MR) is 96.9 cm³/mol. The van der Waals surface area contributed by atoms with Gasteiger partial charge >= 0.3 is 5.97 Å². The summed E-state index contributed by atoms with van der Waals surface area (Å²) < 4.78 is 1.25. The molecule has 4 rings (SSSR count). The summed E-state index contributed by atoms with van der Waals surface area (Å²) in [6, 6.07) is 6.30. The fourth-order valence-electron chi connectivity index (χ4n) is 3.06. The van der Waals surface area contributed by atoms with Crippen LogP contribution in [0.1, 0.15) is 39.2 Å². The molecule has 2 heterocycles. The molecule has 1 aliphatic carbocycles. The number of carboxylic acid groups (broad SMARTS) is 1. The van der Waals surface area contributed by atoms with E-state index >= 15 is 0 Å². The molecule has 0 spiro atoms. The van der Waals surface area contributed by atoms with Gasteiger partial charge in [0, 0.05) is 4.88 Å². The number of aromatic nitrogens is 2. The molecule has 126 valence electrons. The van der Waals surface area contributed by atoms with Gasteiger partial charge in [0.15, 0.2) is 0 Å². The van der Waals surface area contributed by atoms with Gasteiger partial charge in [-0.15, -0.1) is 11.3 Å². The van der Waals surface area contributed by atoms with Gasteiger partial charge in [0.25, 0.3) is 5.56 Å². The van der Waals surface area contributed by atoms with Gasteiger partial charge in [-0.05, 0) is 48.9 Å². The molecule has 1 aromatic carbocycles.